The maximum absolute atomic E-state index is 13.7. The Morgan fingerprint density at radius 1 is 1.06 bits per heavy atom. The van der Waals surface area contributed by atoms with Gasteiger partial charge in [0, 0.05) is 22.3 Å². The van der Waals surface area contributed by atoms with Gasteiger partial charge in [0.1, 0.15) is 5.54 Å². The number of benzene rings is 2. The minimum atomic E-state index is -1.23. The standard InChI is InChI=1S/C23H22ClN3O3S/c1-31-11-10-17-18-19(23(26-17)14-7-3-5-9-16(14)25-22(23)30)21(29)27(20(18)28)12-13-6-2-4-8-15(13)24/h2-9,17-19,26H,10-12H2,1H3,(H,25,30)/t17-,18+,19+,23-/m1/s1. The van der Waals surface area contributed by atoms with Gasteiger partial charge in [-0.2, -0.15) is 11.8 Å². The van der Waals surface area contributed by atoms with Crippen molar-refractivity contribution in [2.24, 2.45) is 11.8 Å². The zero-order chi connectivity index (χ0) is 21.8. The monoisotopic (exact) mass is 455 g/mol. The van der Waals surface area contributed by atoms with Gasteiger partial charge < -0.3 is 5.32 Å². The molecule has 2 saturated heterocycles. The smallest absolute Gasteiger partial charge is 0.250 e. The molecule has 2 N–H and O–H groups in total. The number of para-hydroxylation sites is 1. The van der Waals surface area contributed by atoms with Crippen LogP contribution in [0.1, 0.15) is 17.5 Å². The van der Waals surface area contributed by atoms with Crippen molar-refractivity contribution < 1.29 is 14.4 Å². The minimum Gasteiger partial charge on any atom is -0.324 e. The van der Waals surface area contributed by atoms with Crippen LogP contribution in [0.3, 0.4) is 0 Å². The van der Waals surface area contributed by atoms with Crippen LogP contribution in [-0.4, -0.2) is 40.7 Å². The van der Waals surface area contributed by atoms with E-state index in [-0.39, 0.29) is 30.3 Å². The van der Waals surface area contributed by atoms with Crippen LogP contribution in [0.4, 0.5) is 5.69 Å². The molecule has 3 aliphatic rings. The Labute approximate surface area is 189 Å². The first-order valence-corrected chi connectivity index (χ1v) is 12.0. The van der Waals surface area contributed by atoms with Gasteiger partial charge in [-0.3, -0.25) is 24.6 Å². The van der Waals surface area contributed by atoms with E-state index in [0.717, 1.165) is 11.3 Å². The number of halogens is 1. The number of nitrogens with one attached hydrogen (secondary N) is 2. The fourth-order valence-corrected chi connectivity index (χ4v) is 5.95. The summed E-state index contributed by atoms with van der Waals surface area (Å²) < 4.78 is 0. The second-order valence-corrected chi connectivity index (χ2v) is 9.59. The second-order valence-electron chi connectivity index (χ2n) is 8.20. The Kier molecular flexibility index (Phi) is 5.07. The molecule has 4 atom stereocenters. The van der Waals surface area contributed by atoms with E-state index < -0.39 is 17.4 Å². The highest BCUT2D eigenvalue weighted by Gasteiger charge is 2.70. The lowest BCUT2D eigenvalue weighted by Crippen LogP contribution is -2.53. The Morgan fingerprint density at radius 3 is 2.58 bits per heavy atom. The lowest BCUT2D eigenvalue weighted by atomic mass is 9.76. The van der Waals surface area contributed by atoms with Crippen molar-refractivity contribution in [2.75, 3.05) is 17.3 Å². The Morgan fingerprint density at radius 2 is 1.81 bits per heavy atom. The van der Waals surface area contributed by atoms with Crippen molar-refractivity contribution in [3.8, 4) is 0 Å². The Balaban J connectivity index is 1.58. The molecular formula is C23H22ClN3O3S. The highest BCUT2D eigenvalue weighted by Crippen LogP contribution is 2.53. The number of hydrogen-bond donors (Lipinski definition) is 2. The third-order valence-electron chi connectivity index (χ3n) is 6.63. The van der Waals surface area contributed by atoms with Crippen LogP contribution in [0, 0.1) is 11.8 Å². The number of rotatable bonds is 5. The summed E-state index contributed by atoms with van der Waals surface area (Å²) in [6.07, 6.45) is 2.70. The number of thioether (sulfide) groups is 1. The molecule has 31 heavy (non-hydrogen) atoms. The van der Waals surface area contributed by atoms with Crippen molar-refractivity contribution in [2.45, 2.75) is 24.5 Å². The first-order valence-electron chi connectivity index (χ1n) is 10.2. The molecule has 0 saturated carbocycles. The van der Waals surface area contributed by atoms with Crippen LogP contribution < -0.4 is 10.6 Å². The molecular weight excluding hydrogens is 434 g/mol. The van der Waals surface area contributed by atoms with Gasteiger partial charge in [-0.1, -0.05) is 48.0 Å². The van der Waals surface area contributed by atoms with E-state index in [4.69, 9.17) is 11.6 Å². The number of nitrogens with zero attached hydrogens (tertiary/aromatic N) is 1. The van der Waals surface area contributed by atoms with Gasteiger partial charge in [0.2, 0.25) is 17.7 Å². The normalized spacial score (nSPS) is 28.9. The summed E-state index contributed by atoms with van der Waals surface area (Å²) in [4.78, 5) is 41.8. The molecule has 5 rings (SSSR count). The number of likely N-dealkylation sites (tertiary alicyclic amines) is 1. The summed E-state index contributed by atoms with van der Waals surface area (Å²) in [7, 11) is 0. The van der Waals surface area contributed by atoms with Crippen LogP contribution in [0.5, 0.6) is 0 Å². The van der Waals surface area contributed by atoms with E-state index in [1.54, 1.807) is 17.8 Å². The quantitative estimate of drug-likeness (QED) is 0.677. The largest absolute Gasteiger partial charge is 0.324 e. The summed E-state index contributed by atoms with van der Waals surface area (Å²) in [6.45, 7) is 0.110. The zero-order valence-corrected chi connectivity index (χ0v) is 18.5. The lowest BCUT2D eigenvalue weighted by molar-refractivity contribution is -0.143. The van der Waals surface area contributed by atoms with Crippen molar-refractivity contribution in [1.82, 2.24) is 10.2 Å². The molecule has 0 radical (unpaired) electrons. The zero-order valence-electron chi connectivity index (χ0n) is 16.9. The molecule has 3 amide bonds. The first kappa shape index (κ1) is 20.5. The van der Waals surface area contributed by atoms with Crippen LogP contribution in [0.25, 0.3) is 0 Å². The molecule has 2 aromatic rings. The van der Waals surface area contributed by atoms with E-state index in [1.165, 1.54) is 4.90 Å². The Bertz CT molecular complexity index is 1090. The molecule has 3 aliphatic heterocycles. The molecule has 0 aromatic heterocycles. The SMILES string of the molecule is CSCC[C@H]1N[C@@]2(C(=O)Nc3ccccc32)[C@@H]2C(=O)N(Cc3ccccc3Cl)C(=O)[C@H]21. The van der Waals surface area contributed by atoms with Gasteiger partial charge in [-0.15, -0.1) is 0 Å². The van der Waals surface area contributed by atoms with Crippen molar-refractivity contribution in [3.63, 3.8) is 0 Å². The molecule has 0 bridgehead atoms. The van der Waals surface area contributed by atoms with Crippen molar-refractivity contribution in [1.29, 1.82) is 0 Å². The van der Waals surface area contributed by atoms with E-state index in [2.05, 4.69) is 10.6 Å². The minimum absolute atomic E-state index is 0.110. The molecule has 2 fully saturated rings. The summed E-state index contributed by atoms with van der Waals surface area (Å²) >= 11 is 7.98. The van der Waals surface area contributed by atoms with Gasteiger partial charge in [-0.25, -0.2) is 0 Å². The molecule has 160 valence electrons. The highest BCUT2D eigenvalue weighted by atomic mass is 35.5. The number of amides is 3. The molecule has 2 aromatic carbocycles. The average molecular weight is 456 g/mol. The highest BCUT2D eigenvalue weighted by molar-refractivity contribution is 7.98. The van der Waals surface area contributed by atoms with Crippen LogP contribution in [-0.2, 0) is 26.5 Å². The molecule has 0 unspecified atom stereocenters. The van der Waals surface area contributed by atoms with E-state index in [9.17, 15) is 14.4 Å². The maximum atomic E-state index is 13.7. The average Bonchev–Trinajstić information content (AvgIpc) is 3.34. The number of imide groups is 1. The fraction of sp³-hybridized carbons (Fsp3) is 0.348. The van der Waals surface area contributed by atoms with Crippen LogP contribution in [0.2, 0.25) is 5.02 Å². The fourth-order valence-electron chi connectivity index (χ4n) is 5.26. The summed E-state index contributed by atoms with van der Waals surface area (Å²) in [5.41, 5.74) is 0.910. The number of carbonyl (C=O) groups excluding carboxylic acids is 3. The van der Waals surface area contributed by atoms with Gasteiger partial charge in [0.05, 0.1) is 18.4 Å². The van der Waals surface area contributed by atoms with E-state index in [0.29, 0.717) is 22.7 Å². The predicted molar refractivity (Wildman–Crippen MR) is 121 cm³/mol. The summed E-state index contributed by atoms with van der Waals surface area (Å²) in [5.74, 6) is -1.36. The number of fused-ring (bicyclic) bond motifs is 4. The molecule has 0 aliphatic carbocycles. The maximum Gasteiger partial charge on any atom is 0.250 e. The number of hydrogen-bond acceptors (Lipinski definition) is 5. The van der Waals surface area contributed by atoms with Gasteiger partial charge in [-0.05, 0) is 36.1 Å². The second kappa shape index (κ2) is 7.65. The summed E-state index contributed by atoms with van der Waals surface area (Å²) in [5, 5.41) is 6.87. The first-order chi connectivity index (χ1) is 15.0. The topological polar surface area (TPSA) is 78.5 Å². The lowest BCUT2D eigenvalue weighted by Gasteiger charge is -2.29. The third kappa shape index (κ3) is 2.94. The number of anilines is 1. The predicted octanol–water partition coefficient (Wildman–Crippen LogP) is 3.01. The van der Waals surface area contributed by atoms with Gasteiger partial charge >= 0.3 is 0 Å². The van der Waals surface area contributed by atoms with Crippen LogP contribution in [0.15, 0.2) is 48.5 Å². The molecule has 8 heteroatoms. The van der Waals surface area contributed by atoms with E-state index >= 15 is 0 Å². The molecule has 6 nitrogen and oxygen atoms in total. The third-order valence-corrected chi connectivity index (χ3v) is 7.65. The number of carbonyl (C=O) groups is 3. The van der Waals surface area contributed by atoms with Gasteiger partial charge in [0.25, 0.3) is 0 Å². The molecule has 1 spiro atoms. The van der Waals surface area contributed by atoms with Crippen molar-refractivity contribution >= 4 is 46.8 Å². The van der Waals surface area contributed by atoms with Crippen LogP contribution >= 0.6 is 23.4 Å². The Hall–Kier alpha value is -2.35. The van der Waals surface area contributed by atoms with Crippen molar-refractivity contribution in [3.05, 3.63) is 64.7 Å². The summed E-state index contributed by atoms with van der Waals surface area (Å²) in [6, 6.07) is 14.3. The van der Waals surface area contributed by atoms with Gasteiger partial charge in [0.15, 0.2) is 0 Å². The van der Waals surface area contributed by atoms with E-state index in [1.807, 2.05) is 48.7 Å². The molecule has 3 heterocycles.